The maximum absolute atomic E-state index is 12.1. The summed E-state index contributed by atoms with van der Waals surface area (Å²) in [6, 6.07) is 7.11. The number of nitrogens with zero attached hydrogens (tertiary/aromatic N) is 2. The lowest BCUT2D eigenvalue weighted by Crippen LogP contribution is -2.11. The first-order valence-electron chi connectivity index (χ1n) is 8.35. The second-order valence-electron chi connectivity index (χ2n) is 5.65. The quantitative estimate of drug-likeness (QED) is 0.305. The predicted molar refractivity (Wildman–Crippen MR) is 99.5 cm³/mol. The lowest BCUT2D eigenvalue weighted by Gasteiger charge is -2.10. The van der Waals surface area contributed by atoms with Gasteiger partial charge in [-0.25, -0.2) is 9.97 Å². The minimum absolute atomic E-state index is 0.269. The summed E-state index contributed by atoms with van der Waals surface area (Å²) >= 11 is 1.51. The summed E-state index contributed by atoms with van der Waals surface area (Å²) in [5, 5.41) is 0.756. The Kier molecular flexibility index (Phi) is 7.25. The van der Waals surface area contributed by atoms with Gasteiger partial charge in [0.15, 0.2) is 5.16 Å². The van der Waals surface area contributed by atoms with Crippen LogP contribution in [0.2, 0.25) is 0 Å². The SMILES string of the molecule is CCCOc1ccc(OC(=O)CCc2c(C)nc(SC)nc2C)cc1. The highest BCUT2D eigenvalue weighted by Crippen LogP contribution is 2.20. The zero-order chi connectivity index (χ0) is 18.2. The van der Waals surface area contributed by atoms with Crippen LogP contribution in [0, 0.1) is 13.8 Å². The highest BCUT2D eigenvalue weighted by Gasteiger charge is 2.12. The number of thioether (sulfide) groups is 1. The van der Waals surface area contributed by atoms with Gasteiger partial charge >= 0.3 is 5.97 Å². The molecule has 0 saturated heterocycles. The minimum atomic E-state index is -0.269. The molecule has 0 unspecified atom stereocenters. The number of hydrogen-bond donors (Lipinski definition) is 0. The van der Waals surface area contributed by atoms with Crippen molar-refractivity contribution in [1.29, 1.82) is 0 Å². The maximum atomic E-state index is 12.1. The Balaban J connectivity index is 1.90. The van der Waals surface area contributed by atoms with E-state index in [1.807, 2.05) is 32.2 Å². The van der Waals surface area contributed by atoms with Gasteiger partial charge in [0.25, 0.3) is 0 Å². The molecule has 1 aromatic heterocycles. The van der Waals surface area contributed by atoms with Gasteiger partial charge in [0.1, 0.15) is 11.5 Å². The summed E-state index contributed by atoms with van der Waals surface area (Å²) in [5.41, 5.74) is 2.85. The van der Waals surface area contributed by atoms with E-state index in [0.717, 1.165) is 34.3 Å². The summed E-state index contributed by atoms with van der Waals surface area (Å²) in [6.45, 7) is 6.63. The summed E-state index contributed by atoms with van der Waals surface area (Å²) in [5.74, 6) is 1.03. The molecule has 0 atom stereocenters. The van der Waals surface area contributed by atoms with E-state index < -0.39 is 0 Å². The average molecular weight is 360 g/mol. The Hall–Kier alpha value is -2.08. The van der Waals surface area contributed by atoms with E-state index in [4.69, 9.17) is 9.47 Å². The molecule has 134 valence electrons. The Labute approximate surface area is 153 Å². The number of esters is 1. The van der Waals surface area contributed by atoms with Crippen molar-refractivity contribution < 1.29 is 14.3 Å². The zero-order valence-electron chi connectivity index (χ0n) is 15.2. The second-order valence-corrected chi connectivity index (χ2v) is 6.43. The van der Waals surface area contributed by atoms with Crippen molar-refractivity contribution in [1.82, 2.24) is 9.97 Å². The van der Waals surface area contributed by atoms with Crippen molar-refractivity contribution in [3.8, 4) is 11.5 Å². The Morgan fingerprint density at radius 3 is 2.24 bits per heavy atom. The number of ether oxygens (including phenoxy) is 2. The van der Waals surface area contributed by atoms with Crippen molar-refractivity contribution in [2.24, 2.45) is 0 Å². The number of carbonyl (C=O) groups excluding carboxylic acids is 1. The molecule has 0 saturated carbocycles. The normalized spacial score (nSPS) is 10.6. The van der Waals surface area contributed by atoms with E-state index in [2.05, 4.69) is 16.9 Å². The van der Waals surface area contributed by atoms with Crippen LogP contribution >= 0.6 is 11.8 Å². The van der Waals surface area contributed by atoms with Crippen LogP contribution < -0.4 is 9.47 Å². The van der Waals surface area contributed by atoms with E-state index in [9.17, 15) is 4.79 Å². The molecule has 1 heterocycles. The van der Waals surface area contributed by atoms with Gasteiger partial charge in [0.2, 0.25) is 0 Å². The molecule has 1 aromatic carbocycles. The molecular formula is C19H24N2O3S. The summed E-state index contributed by atoms with van der Waals surface area (Å²) in [7, 11) is 0. The average Bonchev–Trinajstić information content (AvgIpc) is 2.60. The molecular weight excluding hydrogens is 336 g/mol. The van der Waals surface area contributed by atoms with Crippen LogP contribution in [0.4, 0.5) is 0 Å². The van der Waals surface area contributed by atoms with E-state index in [-0.39, 0.29) is 12.4 Å². The van der Waals surface area contributed by atoms with E-state index in [1.54, 1.807) is 12.1 Å². The Morgan fingerprint density at radius 1 is 1.08 bits per heavy atom. The first-order chi connectivity index (χ1) is 12.0. The summed E-state index contributed by atoms with van der Waals surface area (Å²) in [6.07, 6.45) is 3.77. The van der Waals surface area contributed by atoms with Crippen LogP contribution in [0.25, 0.3) is 0 Å². The van der Waals surface area contributed by atoms with Crippen molar-refractivity contribution >= 4 is 17.7 Å². The molecule has 5 nitrogen and oxygen atoms in total. The lowest BCUT2D eigenvalue weighted by molar-refractivity contribution is -0.134. The van der Waals surface area contributed by atoms with Crippen LogP contribution in [-0.2, 0) is 11.2 Å². The first-order valence-corrected chi connectivity index (χ1v) is 9.57. The molecule has 0 bridgehead atoms. The smallest absolute Gasteiger partial charge is 0.311 e. The fraction of sp³-hybridized carbons (Fsp3) is 0.421. The van der Waals surface area contributed by atoms with Gasteiger partial charge in [0, 0.05) is 11.4 Å². The van der Waals surface area contributed by atoms with Gasteiger partial charge in [-0.15, -0.1) is 0 Å². The molecule has 0 N–H and O–H groups in total. The Bertz CT molecular complexity index is 694. The van der Waals surface area contributed by atoms with Gasteiger partial charge in [-0.05, 0) is 62.8 Å². The van der Waals surface area contributed by atoms with Crippen LogP contribution in [0.15, 0.2) is 29.4 Å². The molecule has 6 heteroatoms. The topological polar surface area (TPSA) is 61.3 Å². The highest BCUT2D eigenvalue weighted by atomic mass is 32.2. The number of carbonyl (C=O) groups is 1. The van der Waals surface area contributed by atoms with Crippen molar-refractivity contribution in [2.75, 3.05) is 12.9 Å². The minimum Gasteiger partial charge on any atom is -0.494 e. The number of aromatic nitrogens is 2. The first kappa shape index (κ1) is 19.2. The van der Waals surface area contributed by atoms with Gasteiger partial charge in [-0.1, -0.05) is 18.7 Å². The molecule has 0 amide bonds. The number of hydrogen-bond acceptors (Lipinski definition) is 6. The third kappa shape index (κ3) is 5.74. The highest BCUT2D eigenvalue weighted by molar-refractivity contribution is 7.98. The van der Waals surface area contributed by atoms with Crippen molar-refractivity contribution in [2.45, 2.75) is 45.2 Å². The molecule has 0 aliphatic rings. The summed E-state index contributed by atoms with van der Waals surface area (Å²) in [4.78, 5) is 21.0. The van der Waals surface area contributed by atoms with Crippen molar-refractivity contribution in [3.63, 3.8) is 0 Å². The molecule has 2 aromatic rings. The lowest BCUT2D eigenvalue weighted by atomic mass is 10.1. The third-order valence-electron chi connectivity index (χ3n) is 3.69. The molecule has 0 spiro atoms. The van der Waals surface area contributed by atoms with E-state index in [1.165, 1.54) is 11.8 Å². The third-order valence-corrected chi connectivity index (χ3v) is 4.24. The largest absolute Gasteiger partial charge is 0.494 e. The molecule has 0 aliphatic heterocycles. The molecule has 0 radical (unpaired) electrons. The number of aryl methyl sites for hydroxylation is 2. The maximum Gasteiger partial charge on any atom is 0.311 e. The zero-order valence-corrected chi connectivity index (χ0v) is 16.0. The van der Waals surface area contributed by atoms with Crippen LogP contribution in [0.3, 0.4) is 0 Å². The van der Waals surface area contributed by atoms with Crippen molar-refractivity contribution in [3.05, 3.63) is 41.2 Å². The van der Waals surface area contributed by atoms with Gasteiger partial charge in [-0.3, -0.25) is 4.79 Å². The van der Waals surface area contributed by atoms with Gasteiger partial charge in [-0.2, -0.15) is 0 Å². The number of rotatable bonds is 8. The second kappa shape index (κ2) is 9.42. The Morgan fingerprint density at radius 2 is 1.68 bits per heavy atom. The fourth-order valence-corrected chi connectivity index (χ4v) is 2.85. The molecule has 2 rings (SSSR count). The van der Waals surface area contributed by atoms with Crippen LogP contribution in [0.1, 0.15) is 36.7 Å². The van der Waals surface area contributed by atoms with Crippen LogP contribution in [-0.4, -0.2) is 28.8 Å². The standard InChI is InChI=1S/C19H24N2O3S/c1-5-12-23-15-6-8-16(9-7-15)24-18(22)11-10-17-13(2)20-19(25-4)21-14(17)3/h6-9H,5,10-12H2,1-4H3. The monoisotopic (exact) mass is 360 g/mol. The fourth-order valence-electron chi connectivity index (χ4n) is 2.40. The van der Waals surface area contributed by atoms with E-state index >= 15 is 0 Å². The molecule has 25 heavy (non-hydrogen) atoms. The summed E-state index contributed by atoms with van der Waals surface area (Å²) < 4.78 is 10.9. The molecule has 0 aliphatic carbocycles. The van der Waals surface area contributed by atoms with Gasteiger partial charge in [0.05, 0.1) is 13.0 Å². The van der Waals surface area contributed by atoms with Crippen LogP contribution in [0.5, 0.6) is 11.5 Å². The predicted octanol–water partition coefficient (Wildman–Crippen LogP) is 4.14. The van der Waals surface area contributed by atoms with E-state index in [0.29, 0.717) is 18.8 Å². The molecule has 0 fully saturated rings. The number of benzene rings is 1. The van der Waals surface area contributed by atoms with Gasteiger partial charge < -0.3 is 9.47 Å².